The van der Waals surface area contributed by atoms with Crippen LogP contribution in [0.3, 0.4) is 0 Å². The minimum absolute atomic E-state index is 0.277. The summed E-state index contributed by atoms with van der Waals surface area (Å²) in [6, 6.07) is 0.981. The molecule has 1 aliphatic heterocycles. The molecule has 1 N–H and O–H groups in total. The van der Waals surface area contributed by atoms with Gasteiger partial charge in [-0.1, -0.05) is 13.8 Å². The van der Waals surface area contributed by atoms with Crippen LogP contribution >= 0.6 is 0 Å². The fraction of sp³-hybridized carbons (Fsp3) is 0.929. The Morgan fingerprint density at radius 1 is 1.44 bits per heavy atom. The van der Waals surface area contributed by atoms with Gasteiger partial charge >= 0.3 is 5.97 Å². The molecule has 0 saturated carbocycles. The van der Waals surface area contributed by atoms with E-state index in [0.29, 0.717) is 18.0 Å². The van der Waals surface area contributed by atoms with Crippen molar-refractivity contribution in [3.05, 3.63) is 0 Å². The van der Waals surface area contributed by atoms with Crippen molar-refractivity contribution in [2.24, 2.45) is 5.92 Å². The number of rotatable bonds is 5. The van der Waals surface area contributed by atoms with Gasteiger partial charge in [-0.15, -0.1) is 0 Å². The summed E-state index contributed by atoms with van der Waals surface area (Å²) >= 11 is 0. The van der Waals surface area contributed by atoms with E-state index in [1.54, 1.807) is 0 Å². The number of carbonyl (C=O) groups is 1. The van der Waals surface area contributed by atoms with Crippen molar-refractivity contribution in [2.75, 3.05) is 26.7 Å². The highest BCUT2D eigenvalue weighted by Crippen LogP contribution is 2.18. The zero-order chi connectivity index (χ0) is 13.7. The summed E-state index contributed by atoms with van der Waals surface area (Å²) in [5.74, 6) is -0.0212. The van der Waals surface area contributed by atoms with E-state index in [-0.39, 0.29) is 6.42 Å². The maximum absolute atomic E-state index is 10.7. The van der Waals surface area contributed by atoms with Crippen molar-refractivity contribution in [3.8, 4) is 0 Å². The highest BCUT2D eigenvalue weighted by atomic mass is 16.4. The third kappa shape index (κ3) is 4.94. The number of hydrogen-bond acceptors (Lipinski definition) is 3. The topological polar surface area (TPSA) is 43.8 Å². The molecule has 4 heteroatoms. The quantitative estimate of drug-likeness (QED) is 0.816. The van der Waals surface area contributed by atoms with E-state index in [4.69, 9.17) is 5.11 Å². The molecule has 106 valence electrons. The molecule has 0 amide bonds. The molecule has 0 bridgehead atoms. The Bertz CT molecular complexity index is 269. The molecular weight excluding hydrogens is 228 g/mol. The molecule has 1 heterocycles. The SMILES string of the molecule is CC(C)CN1CC(CCC(=O)O)N(C)CCC1C. The molecule has 0 spiro atoms. The summed E-state index contributed by atoms with van der Waals surface area (Å²) in [6.45, 7) is 9.96. The average Bonchev–Trinajstić information content (AvgIpc) is 2.39. The van der Waals surface area contributed by atoms with Crippen LogP contribution in [-0.2, 0) is 4.79 Å². The Morgan fingerprint density at radius 3 is 2.67 bits per heavy atom. The highest BCUT2D eigenvalue weighted by Gasteiger charge is 2.26. The van der Waals surface area contributed by atoms with Gasteiger partial charge in [0.05, 0.1) is 0 Å². The number of hydrogen-bond donors (Lipinski definition) is 1. The smallest absolute Gasteiger partial charge is 0.303 e. The van der Waals surface area contributed by atoms with Crippen LogP contribution < -0.4 is 0 Å². The van der Waals surface area contributed by atoms with E-state index in [2.05, 4.69) is 37.6 Å². The van der Waals surface area contributed by atoms with E-state index >= 15 is 0 Å². The van der Waals surface area contributed by atoms with Crippen molar-refractivity contribution in [3.63, 3.8) is 0 Å². The second-order valence-corrected chi connectivity index (χ2v) is 6.05. The van der Waals surface area contributed by atoms with Gasteiger partial charge in [-0.3, -0.25) is 9.69 Å². The fourth-order valence-electron chi connectivity index (χ4n) is 2.67. The molecule has 1 aliphatic rings. The Balaban J connectivity index is 2.61. The molecule has 1 rings (SSSR count). The van der Waals surface area contributed by atoms with Crippen LogP contribution in [0.2, 0.25) is 0 Å². The molecule has 4 nitrogen and oxygen atoms in total. The average molecular weight is 256 g/mol. The Morgan fingerprint density at radius 2 is 2.11 bits per heavy atom. The summed E-state index contributed by atoms with van der Waals surface area (Å²) in [5.41, 5.74) is 0. The second-order valence-electron chi connectivity index (χ2n) is 6.05. The van der Waals surface area contributed by atoms with Crippen LogP contribution in [0.4, 0.5) is 0 Å². The van der Waals surface area contributed by atoms with E-state index in [1.807, 2.05) is 0 Å². The molecule has 0 aromatic carbocycles. The Kier molecular flexibility index (Phi) is 6.09. The maximum atomic E-state index is 10.7. The summed E-state index contributed by atoms with van der Waals surface area (Å²) in [6.07, 6.45) is 2.21. The lowest BCUT2D eigenvalue weighted by atomic mass is 10.1. The summed E-state index contributed by atoms with van der Waals surface area (Å²) in [7, 11) is 2.12. The first kappa shape index (κ1) is 15.4. The van der Waals surface area contributed by atoms with E-state index in [9.17, 15) is 4.79 Å². The first-order valence-electron chi connectivity index (χ1n) is 7.06. The van der Waals surface area contributed by atoms with E-state index in [1.165, 1.54) is 6.42 Å². The number of likely N-dealkylation sites (N-methyl/N-ethyl adjacent to an activating group) is 1. The molecule has 2 unspecified atom stereocenters. The van der Waals surface area contributed by atoms with E-state index < -0.39 is 5.97 Å². The van der Waals surface area contributed by atoms with Crippen molar-refractivity contribution < 1.29 is 9.90 Å². The molecule has 1 saturated heterocycles. The van der Waals surface area contributed by atoms with Crippen LogP contribution in [0.1, 0.15) is 40.0 Å². The van der Waals surface area contributed by atoms with Crippen LogP contribution in [0, 0.1) is 5.92 Å². The molecule has 1 fully saturated rings. The highest BCUT2D eigenvalue weighted by molar-refractivity contribution is 5.66. The van der Waals surface area contributed by atoms with Gasteiger partial charge in [-0.25, -0.2) is 0 Å². The standard InChI is InChI=1S/C14H28N2O2/c1-11(2)9-16-10-13(5-6-14(17)18)15(4)8-7-12(16)3/h11-13H,5-10H2,1-4H3,(H,17,18). The molecule has 2 atom stereocenters. The monoisotopic (exact) mass is 256 g/mol. The zero-order valence-corrected chi connectivity index (χ0v) is 12.2. The van der Waals surface area contributed by atoms with Crippen molar-refractivity contribution in [1.82, 2.24) is 9.80 Å². The van der Waals surface area contributed by atoms with Crippen molar-refractivity contribution >= 4 is 5.97 Å². The molecule has 18 heavy (non-hydrogen) atoms. The number of carboxylic acids is 1. The minimum atomic E-state index is -0.684. The van der Waals surface area contributed by atoms with Gasteiger partial charge < -0.3 is 10.0 Å². The van der Waals surface area contributed by atoms with Gasteiger partial charge in [0.2, 0.25) is 0 Å². The largest absolute Gasteiger partial charge is 0.481 e. The van der Waals surface area contributed by atoms with Gasteiger partial charge in [0.1, 0.15) is 0 Å². The summed E-state index contributed by atoms with van der Waals surface area (Å²) in [4.78, 5) is 15.6. The predicted octanol–water partition coefficient (Wildman–Crippen LogP) is 1.90. The first-order valence-corrected chi connectivity index (χ1v) is 7.06. The normalized spacial score (nSPS) is 27.4. The minimum Gasteiger partial charge on any atom is -0.481 e. The molecule has 0 radical (unpaired) electrons. The summed E-state index contributed by atoms with van der Waals surface area (Å²) < 4.78 is 0. The zero-order valence-electron chi connectivity index (χ0n) is 12.2. The van der Waals surface area contributed by atoms with Gasteiger partial charge in [0, 0.05) is 31.6 Å². The van der Waals surface area contributed by atoms with E-state index in [0.717, 1.165) is 26.1 Å². The molecule has 0 aliphatic carbocycles. The van der Waals surface area contributed by atoms with Crippen LogP contribution in [-0.4, -0.2) is 59.6 Å². The van der Waals surface area contributed by atoms with Crippen LogP contribution in [0.25, 0.3) is 0 Å². The van der Waals surface area contributed by atoms with Crippen LogP contribution in [0.15, 0.2) is 0 Å². The fourth-order valence-corrected chi connectivity index (χ4v) is 2.67. The summed E-state index contributed by atoms with van der Waals surface area (Å²) in [5, 5.41) is 8.83. The Labute approximate surface area is 111 Å². The third-order valence-electron chi connectivity index (χ3n) is 3.88. The van der Waals surface area contributed by atoms with Gasteiger partial charge in [-0.05, 0) is 39.3 Å². The third-order valence-corrected chi connectivity index (χ3v) is 3.88. The van der Waals surface area contributed by atoms with Crippen LogP contribution in [0.5, 0.6) is 0 Å². The van der Waals surface area contributed by atoms with Crippen molar-refractivity contribution in [2.45, 2.75) is 52.1 Å². The number of carboxylic acid groups (broad SMARTS) is 1. The molecule has 0 aromatic rings. The first-order chi connectivity index (χ1) is 8.40. The second kappa shape index (κ2) is 7.10. The van der Waals surface area contributed by atoms with Gasteiger partial charge in [0.25, 0.3) is 0 Å². The maximum Gasteiger partial charge on any atom is 0.303 e. The molecule has 0 aromatic heterocycles. The lowest BCUT2D eigenvalue weighted by Gasteiger charge is -2.32. The number of aliphatic carboxylic acids is 1. The van der Waals surface area contributed by atoms with Gasteiger partial charge in [-0.2, -0.15) is 0 Å². The Hall–Kier alpha value is -0.610. The predicted molar refractivity (Wildman–Crippen MR) is 73.8 cm³/mol. The lowest BCUT2D eigenvalue weighted by molar-refractivity contribution is -0.137. The number of nitrogens with zero attached hydrogens (tertiary/aromatic N) is 2. The van der Waals surface area contributed by atoms with Gasteiger partial charge in [0.15, 0.2) is 0 Å². The van der Waals surface area contributed by atoms with Crippen molar-refractivity contribution in [1.29, 1.82) is 0 Å². The lowest BCUT2D eigenvalue weighted by Crippen LogP contribution is -2.42. The molecular formula is C14H28N2O2.